The molecule has 0 spiro atoms. The number of rotatable bonds is 3. The fourth-order valence-corrected chi connectivity index (χ4v) is 4.62. The Bertz CT molecular complexity index is 586. The maximum atomic E-state index is 12.4. The molecule has 2 heterocycles. The Labute approximate surface area is 151 Å². The summed E-state index contributed by atoms with van der Waals surface area (Å²) >= 11 is 0. The molecule has 0 aromatic heterocycles. The first-order chi connectivity index (χ1) is 12.2. The molecule has 1 aromatic carbocycles. The number of carbonyl (C=O) groups excluding carboxylic acids is 1. The van der Waals surface area contributed by atoms with E-state index in [2.05, 4.69) is 46.4 Å². The Morgan fingerprint density at radius 2 is 1.76 bits per heavy atom. The highest BCUT2D eigenvalue weighted by molar-refractivity contribution is 5.74. The molecule has 2 fully saturated rings. The van der Waals surface area contributed by atoms with Crippen LogP contribution >= 0.6 is 0 Å². The smallest absolute Gasteiger partial charge is 0.317 e. The van der Waals surface area contributed by atoms with Crippen molar-refractivity contribution in [3.8, 4) is 0 Å². The van der Waals surface area contributed by atoms with E-state index >= 15 is 0 Å². The summed E-state index contributed by atoms with van der Waals surface area (Å²) in [6, 6.07) is 9.57. The lowest BCUT2D eigenvalue weighted by atomic mass is 10.1. The Morgan fingerprint density at radius 3 is 2.36 bits per heavy atom. The summed E-state index contributed by atoms with van der Waals surface area (Å²) in [5, 5.41) is 3.16. The van der Waals surface area contributed by atoms with Gasteiger partial charge in [0.1, 0.15) is 0 Å². The van der Waals surface area contributed by atoms with Gasteiger partial charge >= 0.3 is 6.03 Å². The molecule has 25 heavy (non-hydrogen) atoms. The van der Waals surface area contributed by atoms with Gasteiger partial charge in [0.05, 0.1) is 0 Å². The van der Waals surface area contributed by atoms with Crippen molar-refractivity contribution >= 4 is 6.03 Å². The van der Waals surface area contributed by atoms with E-state index in [1.165, 1.54) is 17.5 Å². The summed E-state index contributed by atoms with van der Waals surface area (Å²) < 4.78 is 0. The van der Waals surface area contributed by atoms with Crippen molar-refractivity contribution in [2.45, 2.75) is 25.3 Å². The number of piperazine rings is 1. The molecule has 5 nitrogen and oxygen atoms in total. The minimum absolute atomic E-state index is 0.129. The van der Waals surface area contributed by atoms with Crippen LogP contribution in [0.5, 0.6) is 0 Å². The van der Waals surface area contributed by atoms with E-state index in [1.807, 2.05) is 4.90 Å². The third kappa shape index (κ3) is 3.82. The minimum atomic E-state index is 0.129. The van der Waals surface area contributed by atoms with Crippen LogP contribution in [-0.4, -0.2) is 79.6 Å². The average molecular weight is 342 g/mol. The molecule has 0 bridgehead atoms. The second kappa shape index (κ2) is 7.34. The number of carbonyl (C=O) groups is 1. The molecule has 3 aliphatic rings. The number of benzene rings is 1. The molecule has 1 atom stereocenters. The van der Waals surface area contributed by atoms with Crippen LogP contribution in [0.3, 0.4) is 0 Å². The van der Waals surface area contributed by atoms with Gasteiger partial charge in [-0.2, -0.15) is 0 Å². The Morgan fingerprint density at radius 1 is 1.08 bits per heavy atom. The molecular weight excluding hydrogens is 312 g/mol. The van der Waals surface area contributed by atoms with Crippen LogP contribution in [0.1, 0.15) is 17.5 Å². The summed E-state index contributed by atoms with van der Waals surface area (Å²) in [5.41, 5.74) is 3.02. The van der Waals surface area contributed by atoms with Crippen LogP contribution in [0, 0.1) is 5.92 Å². The van der Waals surface area contributed by atoms with E-state index < -0.39 is 0 Å². The molecule has 1 N–H and O–H groups in total. The predicted octanol–water partition coefficient (Wildman–Crippen LogP) is 1.43. The summed E-state index contributed by atoms with van der Waals surface area (Å²) in [4.78, 5) is 19.3. The lowest BCUT2D eigenvalue weighted by molar-refractivity contribution is 0.110. The summed E-state index contributed by atoms with van der Waals surface area (Å²) in [7, 11) is 2.16. The van der Waals surface area contributed by atoms with E-state index in [0.717, 1.165) is 58.7 Å². The van der Waals surface area contributed by atoms with Crippen LogP contribution in [0.15, 0.2) is 24.3 Å². The first kappa shape index (κ1) is 16.9. The van der Waals surface area contributed by atoms with Gasteiger partial charge in [-0.3, -0.25) is 4.90 Å². The first-order valence-electron chi connectivity index (χ1n) is 9.71. The molecule has 2 aliphatic heterocycles. The van der Waals surface area contributed by atoms with E-state index in [0.29, 0.717) is 12.0 Å². The number of fused-ring (bicyclic) bond motifs is 1. The van der Waals surface area contributed by atoms with Crippen LogP contribution in [-0.2, 0) is 12.8 Å². The van der Waals surface area contributed by atoms with Crippen molar-refractivity contribution in [3.63, 3.8) is 0 Å². The van der Waals surface area contributed by atoms with Crippen molar-refractivity contribution in [3.05, 3.63) is 35.4 Å². The van der Waals surface area contributed by atoms with Gasteiger partial charge in [-0.05, 0) is 49.9 Å². The predicted molar refractivity (Wildman–Crippen MR) is 99.8 cm³/mol. The zero-order chi connectivity index (χ0) is 17.2. The zero-order valence-corrected chi connectivity index (χ0v) is 15.3. The highest BCUT2D eigenvalue weighted by atomic mass is 16.2. The largest absolute Gasteiger partial charge is 0.338 e. The van der Waals surface area contributed by atoms with Gasteiger partial charge in [0.25, 0.3) is 0 Å². The first-order valence-corrected chi connectivity index (χ1v) is 9.71. The molecule has 5 heteroatoms. The SMILES string of the molecule is CN1CC[C@H](CNC(=O)N2CCN(C3Cc4ccccc4C3)CC2)C1. The Kier molecular flexibility index (Phi) is 4.95. The average Bonchev–Trinajstić information content (AvgIpc) is 3.25. The Hall–Kier alpha value is -1.59. The van der Waals surface area contributed by atoms with Crippen molar-refractivity contribution < 1.29 is 4.79 Å². The lowest BCUT2D eigenvalue weighted by Gasteiger charge is -2.38. The van der Waals surface area contributed by atoms with Gasteiger partial charge in [-0.25, -0.2) is 4.79 Å². The summed E-state index contributed by atoms with van der Waals surface area (Å²) in [5.74, 6) is 0.618. The molecule has 4 rings (SSSR count). The highest BCUT2D eigenvalue weighted by Gasteiger charge is 2.30. The third-order valence-electron chi connectivity index (χ3n) is 6.18. The van der Waals surface area contributed by atoms with E-state index in [1.54, 1.807) is 0 Å². The standard InChI is InChI=1S/C20H30N4O/c1-22-7-6-16(15-22)14-21-20(25)24-10-8-23(9-11-24)19-12-17-4-2-3-5-18(17)13-19/h2-5,16,19H,6-15H2,1H3,(H,21,25)/t16-/m1/s1. The van der Waals surface area contributed by atoms with Gasteiger partial charge in [-0.15, -0.1) is 0 Å². The van der Waals surface area contributed by atoms with Crippen molar-refractivity contribution in [1.82, 2.24) is 20.0 Å². The molecule has 2 amide bonds. The van der Waals surface area contributed by atoms with Crippen LogP contribution in [0.4, 0.5) is 4.79 Å². The van der Waals surface area contributed by atoms with Gasteiger partial charge in [0.15, 0.2) is 0 Å². The van der Waals surface area contributed by atoms with Crippen molar-refractivity contribution in [1.29, 1.82) is 0 Å². The quantitative estimate of drug-likeness (QED) is 0.903. The second-order valence-electron chi connectivity index (χ2n) is 7.96. The van der Waals surface area contributed by atoms with Gasteiger partial charge < -0.3 is 15.1 Å². The number of likely N-dealkylation sites (tertiary alicyclic amines) is 1. The maximum absolute atomic E-state index is 12.4. The summed E-state index contributed by atoms with van der Waals surface area (Å²) in [6.07, 6.45) is 3.53. The number of urea groups is 1. The number of hydrogen-bond acceptors (Lipinski definition) is 3. The molecule has 2 saturated heterocycles. The number of nitrogens with zero attached hydrogens (tertiary/aromatic N) is 3. The zero-order valence-electron chi connectivity index (χ0n) is 15.3. The summed E-state index contributed by atoms with van der Waals surface area (Å²) in [6.45, 7) is 6.78. The van der Waals surface area contributed by atoms with Gasteiger partial charge in [0, 0.05) is 45.3 Å². The van der Waals surface area contributed by atoms with Gasteiger partial charge in [0.2, 0.25) is 0 Å². The fraction of sp³-hybridized carbons (Fsp3) is 0.650. The Balaban J connectivity index is 1.21. The van der Waals surface area contributed by atoms with Crippen LogP contribution in [0.2, 0.25) is 0 Å². The molecule has 0 radical (unpaired) electrons. The highest BCUT2D eigenvalue weighted by Crippen LogP contribution is 2.26. The van der Waals surface area contributed by atoms with Crippen LogP contribution < -0.4 is 5.32 Å². The van der Waals surface area contributed by atoms with E-state index in [-0.39, 0.29) is 6.03 Å². The maximum Gasteiger partial charge on any atom is 0.317 e. The monoisotopic (exact) mass is 342 g/mol. The van der Waals surface area contributed by atoms with E-state index in [9.17, 15) is 4.79 Å². The molecule has 136 valence electrons. The van der Waals surface area contributed by atoms with Crippen LogP contribution in [0.25, 0.3) is 0 Å². The molecule has 1 aliphatic carbocycles. The number of hydrogen-bond donors (Lipinski definition) is 1. The lowest BCUT2D eigenvalue weighted by Crippen LogP contribution is -2.54. The molecule has 0 saturated carbocycles. The normalized spacial score (nSPS) is 25.3. The molecule has 1 aromatic rings. The fourth-order valence-electron chi connectivity index (χ4n) is 4.62. The van der Waals surface area contributed by atoms with E-state index in [4.69, 9.17) is 0 Å². The molecule has 0 unspecified atom stereocenters. The third-order valence-corrected chi connectivity index (χ3v) is 6.18. The second-order valence-corrected chi connectivity index (χ2v) is 7.96. The topological polar surface area (TPSA) is 38.8 Å². The van der Waals surface area contributed by atoms with Gasteiger partial charge in [-0.1, -0.05) is 24.3 Å². The molecular formula is C20H30N4O. The number of amides is 2. The van der Waals surface area contributed by atoms with Crippen molar-refractivity contribution in [2.24, 2.45) is 5.92 Å². The minimum Gasteiger partial charge on any atom is -0.338 e. The number of nitrogens with one attached hydrogen (secondary N) is 1. The van der Waals surface area contributed by atoms with Crippen molar-refractivity contribution in [2.75, 3.05) is 52.9 Å².